The molecule has 0 unspecified atom stereocenters. The number of hydrogen-bond acceptors (Lipinski definition) is 1. The van der Waals surface area contributed by atoms with Gasteiger partial charge in [0.1, 0.15) is 0 Å². The molecule has 2 heteroatoms. The molecular weight excluding hydrogens is 297 g/mol. The Kier molecular flexibility index (Phi) is 4.44. The summed E-state index contributed by atoms with van der Waals surface area (Å²) >= 11 is 0. The Balaban J connectivity index is 0.00000144. The molecule has 0 N–H and O–H groups in total. The molecule has 0 heterocycles. The van der Waals surface area contributed by atoms with Crippen LogP contribution >= 0.6 is 0 Å². The number of rotatable bonds is 2. The second-order valence-corrected chi connectivity index (χ2v) is 5.27. The standard InChI is InChI=1S/C15H17O.Ru/c1-15(2,3)14(16)13-10-6-9-12(13)11-7-4-5-8-11;/h4,6-7,10H,5,9H2,1-3H3;/q-1;+1. The van der Waals surface area contributed by atoms with E-state index in [1.165, 1.54) is 0 Å². The van der Waals surface area contributed by atoms with Crippen LogP contribution in [0.25, 0.3) is 0 Å². The minimum absolute atomic E-state index is 0. The Morgan fingerprint density at radius 1 is 1.24 bits per heavy atom. The Hall–Kier alpha value is -0.747. The molecule has 0 fully saturated rings. The van der Waals surface area contributed by atoms with E-state index in [1.54, 1.807) is 0 Å². The van der Waals surface area contributed by atoms with E-state index in [0.29, 0.717) is 0 Å². The predicted molar refractivity (Wildman–Crippen MR) is 65.8 cm³/mol. The maximum Gasteiger partial charge on any atom is 1.00 e. The molecule has 91 valence electrons. The average molecular weight is 314 g/mol. The number of ketones is 1. The van der Waals surface area contributed by atoms with Crippen molar-refractivity contribution in [2.75, 3.05) is 0 Å². The van der Waals surface area contributed by atoms with Gasteiger partial charge in [-0.15, -0.1) is 11.6 Å². The SMILES string of the molecule is CC(C)(C)C(=O)C1=C(C2=[C-]CC=C2)CC=C1.[Ru+]. The topological polar surface area (TPSA) is 17.1 Å². The van der Waals surface area contributed by atoms with E-state index in [9.17, 15) is 4.79 Å². The molecule has 0 spiro atoms. The van der Waals surface area contributed by atoms with Crippen molar-refractivity contribution < 1.29 is 24.3 Å². The maximum absolute atomic E-state index is 12.3. The maximum atomic E-state index is 12.3. The molecule has 0 saturated heterocycles. The van der Waals surface area contributed by atoms with Gasteiger partial charge in [-0.05, 0) is 5.57 Å². The van der Waals surface area contributed by atoms with E-state index in [1.807, 2.05) is 26.8 Å². The van der Waals surface area contributed by atoms with Gasteiger partial charge in [0.2, 0.25) is 0 Å². The summed E-state index contributed by atoms with van der Waals surface area (Å²) in [6.07, 6.45) is 13.2. The van der Waals surface area contributed by atoms with E-state index in [0.717, 1.165) is 29.6 Å². The van der Waals surface area contributed by atoms with Crippen molar-refractivity contribution in [2.24, 2.45) is 5.41 Å². The molecule has 0 saturated carbocycles. The summed E-state index contributed by atoms with van der Waals surface area (Å²) in [5.74, 6) is 0.228. The van der Waals surface area contributed by atoms with E-state index in [2.05, 4.69) is 24.3 Å². The van der Waals surface area contributed by atoms with Gasteiger partial charge in [-0.1, -0.05) is 45.8 Å². The summed E-state index contributed by atoms with van der Waals surface area (Å²) in [6.45, 7) is 5.90. The molecule has 0 aliphatic heterocycles. The zero-order valence-electron chi connectivity index (χ0n) is 10.5. The van der Waals surface area contributed by atoms with Crippen LogP contribution in [0.5, 0.6) is 0 Å². The Bertz CT molecular complexity index is 442. The molecule has 17 heavy (non-hydrogen) atoms. The van der Waals surface area contributed by atoms with Gasteiger partial charge < -0.3 is 0 Å². The van der Waals surface area contributed by atoms with Crippen molar-refractivity contribution in [1.29, 1.82) is 0 Å². The molecular formula is C15H17ORu. The van der Waals surface area contributed by atoms with Crippen LogP contribution in [0, 0.1) is 11.5 Å². The molecule has 2 rings (SSSR count). The van der Waals surface area contributed by atoms with E-state index < -0.39 is 0 Å². The normalized spacial score (nSPS) is 18.4. The summed E-state index contributed by atoms with van der Waals surface area (Å²) in [4.78, 5) is 12.3. The number of carbonyl (C=O) groups is 1. The van der Waals surface area contributed by atoms with Crippen LogP contribution in [0.3, 0.4) is 0 Å². The third-order valence-corrected chi connectivity index (χ3v) is 2.88. The third kappa shape index (κ3) is 2.93. The Labute approximate surface area is 116 Å². The average Bonchev–Trinajstić information content (AvgIpc) is 2.85. The van der Waals surface area contributed by atoms with Gasteiger partial charge in [0.15, 0.2) is 5.78 Å². The largest absolute Gasteiger partial charge is 1.00 e. The van der Waals surface area contributed by atoms with Gasteiger partial charge in [-0.2, -0.15) is 17.7 Å². The van der Waals surface area contributed by atoms with Crippen LogP contribution in [0.15, 0.2) is 41.0 Å². The van der Waals surface area contributed by atoms with Crippen molar-refractivity contribution in [2.45, 2.75) is 33.6 Å². The number of allylic oxidation sites excluding steroid dienone is 8. The molecule has 2 aliphatic rings. The van der Waals surface area contributed by atoms with Crippen LogP contribution in [0.2, 0.25) is 0 Å². The van der Waals surface area contributed by atoms with Crippen LogP contribution < -0.4 is 0 Å². The van der Waals surface area contributed by atoms with E-state index in [-0.39, 0.29) is 30.7 Å². The summed E-state index contributed by atoms with van der Waals surface area (Å²) in [5, 5.41) is 0. The number of hydrogen-bond donors (Lipinski definition) is 0. The van der Waals surface area contributed by atoms with E-state index >= 15 is 0 Å². The first kappa shape index (κ1) is 14.3. The zero-order valence-corrected chi connectivity index (χ0v) is 12.2. The second kappa shape index (κ2) is 5.27. The Morgan fingerprint density at radius 2 is 1.94 bits per heavy atom. The first-order valence-corrected chi connectivity index (χ1v) is 5.72. The van der Waals surface area contributed by atoms with Crippen LogP contribution in [-0.4, -0.2) is 5.78 Å². The molecule has 2 aliphatic carbocycles. The Morgan fingerprint density at radius 3 is 2.47 bits per heavy atom. The summed E-state index contributed by atoms with van der Waals surface area (Å²) in [7, 11) is 0. The summed E-state index contributed by atoms with van der Waals surface area (Å²) in [6, 6.07) is 0. The molecule has 0 aromatic carbocycles. The van der Waals surface area contributed by atoms with Gasteiger partial charge in [0.25, 0.3) is 0 Å². The first-order valence-electron chi connectivity index (χ1n) is 5.72. The van der Waals surface area contributed by atoms with Crippen molar-refractivity contribution in [3.05, 3.63) is 47.1 Å². The van der Waals surface area contributed by atoms with Crippen LogP contribution in [0.1, 0.15) is 33.6 Å². The first-order chi connectivity index (χ1) is 7.50. The fourth-order valence-corrected chi connectivity index (χ4v) is 1.99. The fraction of sp³-hybridized carbons (Fsp3) is 0.400. The third-order valence-electron chi connectivity index (χ3n) is 2.88. The second-order valence-electron chi connectivity index (χ2n) is 5.27. The van der Waals surface area contributed by atoms with Gasteiger partial charge in [0, 0.05) is 5.41 Å². The van der Waals surface area contributed by atoms with Gasteiger partial charge in [-0.3, -0.25) is 4.79 Å². The monoisotopic (exact) mass is 315 g/mol. The van der Waals surface area contributed by atoms with Gasteiger partial charge in [-0.25, -0.2) is 0 Å². The van der Waals surface area contributed by atoms with Crippen molar-refractivity contribution in [3.63, 3.8) is 0 Å². The van der Waals surface area contributed by atoms with Crippen LogP contribution in [0.4, 0.5) is 0 Å². The minimum Gasteiger partial charge on any atom is -0.295 e. The van der Waals surface area contributed by atoms with E-state index in [4.69, 9.17) is 0 Å². The molecule has 1 nitrogen and oxygen atoms in total. The van der Waals surface area contributed by atoms with Crippen LogP contribution in [-0.2, 0) is 24.3 Å². The fourth-order valence-electron chi connectivity index (χ4n) is 1.99. The van der Waals surface area contributed by atoms with Crippen molar-refractivity contribution >= 4 is 5.78 Å². The molecule has 1 radical (unpaired) electrons. The summed E-state index contributed by atoms with van der Waals surface area (Å²) < 4.78 is 0. The minimum atomic E-state index is -0.307. The quantitative estimate of drug-likeness (QED) is 0.563. The molecule has 0 aromatic heterocycles. The van der Waals surface area contributed by atoms with Crippen molar-refractivity contribution in [3.8, 4) is 0 Å². The molecule has 0 atom stereocenters. The predicted octanol–water partition coefficient (Wildman–Crippen LogP) is 3.55. The van der Waals surface area contributed by atoms with Gasteiger partial charge in [0.05, 0.1) is 0 Å². The number of Topliss-reactive ketones (excluding diaryl/α,β-unsaturated/α-hetero) is 1. The molecule has 0 amide bonds. The smallest absolute Gasteiger partial charge is 0.295 e. The molecule has 0 bridgehead atoms. The summed E-state index contributed by atoms with van der Waals surface area (Å²) in [5.41, 5.74) is 2.82. The number of carbonyl (C=O) groups excluding carboxylic acids is 1. The molecule has 0 aromatic rings. The zero-order chi connectivity index (χ0) is 11.8. The van der Waals surface area contributed by atoms with Crippen molar-refractivity contribution in [1.82, 2.24) is 0 Å². The van der Waals surface area contributed by atoms with Gasteiger partial charge >= 0.3 is 19.5 Å².